The summed E-state index contributed by atoms with van der Waals surface area (Å²) in [7, 11) is 1.49. The van der Waals surface area contributed by atoms with Crippen LogP contribution in [0.3, 0.4) is 0 Å². The number of hydrogen-bond acceptors (Lipinski definition) is 4. The van der Waals surface area contributed by atoms with Crippen molar-refractivity contribution in [2.45, 2.75) is 6.61 Å². The lowest BCUT2D eigenvalue weighted by Crippen LogP contribution is -2.29. The predicted octanol–water partition coefficient (Wildman–Crippen LogP) is 3.86. The van der Waals surface area contributed by atoms with Crippen molar-refractivity contribution in [1.29, 1.82) is 0 Å². The van der Waals surface area contributed by atoms with Gasteiger partial charge in [0.25, 0.3) is 5.91 Å². The Balaban J connectivity index is 1.75. The molecule has 0 saturated heterocycles. The number of amides is 1. The van der Waals surface area contributed by atoms with Gasteiger partial charge in [0, 0.05) is 12.6 Å². The molecule has 136 valence electrons. The largest absolute Gasteiger partial charge is 0.489 e. The molecule has 3 aromatic rings. The maximum Gasteiger partial charge on any atom is 0.273 e. The van der Waals surface area contributed by atoms with Crippen LogP contribution in [0.1, 0.15) is 11.1 Å². The van der Waals surface area contributed by atoms with E-state index in [1.54, 1.807) is 12.1 Å². The summed E-state index contributed by atoms with van der Waals surface area (Å²) in [5.41, 5.74) is 3.49. The zero-order valence-electron chi connectivity index (χ0n) is 14.9. The van der Waals surface area contributed by atoms with E-state index in [1.165, 1.54) is 7.05 Å². The van der Waals surface area contributed by atoms with Gasteiger partial charge in [-0.05, 0) is 28.8 Å². The number of rotatable bonds is 6. The topological polar surface area (TPSA) is 70.9 Å². The van der Waals surface area contributed by atoms with E-state index in [-0.39, 0.29) is 12.3 Å². The van der Waals surface area contributed by atoms with Crippen molar-refractivity contribution < 1.29 is 14.7 Å². The van der Waals surface area contributed by atoms with E-state index in [0.29, 0.717) is 11.3 Å². The quantitative estimate of drug-likeness (QED) is 0.398. The van der Waals surface area contributed by atoms with Crippen LogP contribution in [0.25, 0.3) is 11.1 Å². The fourth-order valence-electron chi connectivity index (χ4n) is 2.75. The molecular weight excluding hydrogens is 340 g/mol. The highest BCUT2D eigenvalue weighted by Gasteiger charge is 2.17. The molecule has 0 saturated carbocycles. The third-order valence-corrected chi connectivity index (χ3v) is 4.17. The van der Waals surface area contributed by atoms with Gasteiger partial charge < -0.3 is 15.3 Å². The first kappa shape index (κ1) is 18.2. The molecule has 0 aliphatic carbocycles. The van der Waals surface area contributed by atoms with Crippen LogP contribution in [0.15, 0.2) is 84.0 Å². The number of carbonyl (C=O) groups excluding carboxylic acids is 1. The summed E-state index contributed by atoms with van der Waals surface area (Å²) >= 11 is 0. The Morgan fingerprint density at radius 3 is 2.22 bits per heavy atom. The van der Waals surface area contributed by atoms with E-state index in [2.05, 4.69) is 22.6 Å². The van der Waals surface area contributed by atoms with E-state index >= 15 is 0 Å². The second kappa shape index (κ2) is 8.67. The highest BCUT2D eigenvalue weighted by Crippen LogP contribution is 2.23. The molecule has 0 aliphatic rings. The Morgan fingerprint density at radius 1 is 0.926 bits per heavy atom. The minimum Gasteiger partial charge on any atom is -0.489 e. The SMILES string of the molecule is CNC(=O)/C(=N\O)c1ccccc1COc1ccc(-c2ccccc2)cc1. The summed E-state index contributed by atoms with van der Waals surface area (Å²) in [6, 6.07) is 25.1. The van der Waals surface area contributed by atoms with Crippen molar-refractivity contribution in [1.82, 2.24) is 5.32 Å². The average Bonchev–Trinajstić information content (AvgIpc) is 2.74. The average molecular weight is 360 g/mol. The normalized spacial score (nSPS) is 11.1. The van der Waals surface area contributed by atoms with E-state index in [1.807, 2.05) is 54.6 Å². The van der Waals surface area contributed by atoms with E-state index in [9.17, 15) is 10.0 Å². The minimum atomic E-state index is -0.461. The predicted molar refractivity (Wildman–Crippen MR) is 105 cm³/mol. The van der Waals surface area contributed by atoms with Gasteiger partial charge in [0.05, 0.1) is 0 Å². The molecular formula is C22H20N2O3. The first-order chi connectivity index (χ1) is 13.2. The minimum absolute atomic E-state index is 0.0453. The molecule has 0 spiro atoms. The van der Waals surface area contributed by atoms with Crippen LogP contribution in [0.4, 0.5) is 0 Å². The number of likely N-dealkylation sites (N-methyl/N-ethyl adjacent to an activating group) is 1. The van der Waals surface area contributed by atoms with Gasteiger partial charge in [-0.15, -0.1) is 0 Å². The molecule has 2 N–H and O–H groups in total. The van der Waals surface area contributed by atoms with Gasteiger partial charge in [0.15, 0.2) is 5.71 Å². The fourth-order valence-corrected chi connectivity index (χ4v) is 2.75. The number of oxime groups is 1. The van der Waals surface area contributed by atoms with Crippen LogP contribution >= 0.6 is 0 Å². The number of benzene rings is 3. The van der Waals surface area contributed by atoms with E-state index in [0.717, 1.165) is 16.7 Å². The molecule has 3 aromatic carbocycles. The Hall–Kier alpha value is -3.60. The second-order valence-electron chi connectivity index (χ2n) is 5.86. The molecule has 0 bridgehead atoms. The zero-order chi connectivity index (χ0) is 19.1. The summed E-state index contributed by atoms with van der Waals surface area (Å²) < 4.78 is 5.86. The van der Waals surface area contributed by atoms with Crippen LogP contribution in [-0.2, 0) is 11.4 Å². The maximum atomic E-state index is 11.9. The van der Waals surface area contributed by atoms with E-state index < -0.39 is 5.91 Å². The fraction of sp³-hybridized carbons (Fsp3) is 0.0909. The molecule has 0 unspecified atom stereocenters. The van der Waals surface area contributed by atoms with Crippen molar-refractivity contribution in [3.8, 4) is 16.9 Å². The van der Waals surface area contributed by atoms with Crippen LogP contribution in [0.5, 0.6) is 5.75 Å². The van der Waals surface area contributed by atoms with Crippen LogP contribution in [-0.4, -0.2) is 23.9 Å². The lowest BCUT2D eigenvalue weighted by molar-refractivity contribution is -0.114. The second-order valence-corrected chi connectivity index (χ2v) is 5.86. The highest BCUT2D eigenvalue weighted by atomic mass is 16.5. The van der Waals surface area contributed by atoms with Gasteiger partial charge >= 0.3 is 0 Å². The first-order valence-electron chi connectivity index (χ1n) is 8.53. The lowest BCUT2D eigenvalue weighted by Gasteiger charge is -2.12. The van der Waals surface area contributed by atoms with Crippen LogP contribution in [0.2, 0.25) is 0 Å². The lowest BCUT2D eigenvalue weighted by atomic mass is 10.0. The van der Waals surface area contributed by atoms with Crippen LogP contribution in [0, 0.1) is 0 Å². The molecule has 0 radical (unpaired) electrons. The summed E-state index contributed by atoms with van der Waals surface area (Å²) in [5.74, 6) is 0.254. The first-order valence-corrected chi connectivity index (χ1v) is 8.53. The summed E-state index contributed by atoms with van der Waals surface area (Å²) in [4.78, 5) is 11.9. The Labute approximate surface area is 157 Å². The number of ether oxygens (including phenoxy) is 1. The molecule has 0 aromatic heterocycles. The van der Waals surface area contributed by atoms with Crippen molar-refractivity contribution in [2.75, 3.05) is 7.05 Å². The monoisotopic (exact) mass is 360 g/mol. The molecule has 3 rings (SSSR count). The maximum absolute atomic E-state index is 11.9. The van der Waals surface area contributed by atoms with Crippen molar-refractivity contribution in [2.24, 2.45) is 5.16 Å². The molecule has 0 fully saturated rings. The summed E-state index contributed by atoms with van der Waals surface area (Å²) in [6.07, 6.45) is 0. The Kier molecular flexibility index (Phi) is 5.84. The van der Waals surface area contributed by atoms with Crippen molar-refractivity contribution in [3.63, 3.8) is 0 Å². The van der Waals surface area contributed by atoms with Crippen LogP contribution < -0.4 is 10.1 Å². The van der Waals surface area contributed by atoms with Gasteiger partial charge in [0.1, 0.15) is 12.4 Å². The number of nitrogens with zero attached hydrogens (tertiary/aromatic N) is 1. The Morgan fingerprint density at radius 2 is 1.56 bits per heavy atom. The molecule has 5 nitrogen and oxygen atoms in total. The van der Waals surface area contributed by atoms with Gasteiger partial charge in [-0.3, -0.25) is 4.79 Å². The molecule has 0 atom stereocenters. The van der Waals surface area contributed by atoms with E-state index in [4.69, 9.17) is 4.74 Å². The number of nitrogens with one attached hydrogen (secondary N) is 1. The van der Waals surface area contributed by atoms with Gasteiger partial charge in [-0.25, -0.2) is 0 Å². The standard InChI is InChI=1S/C22H20N2O3/c1-23-22(25)21(24-26)20-10-6-5-9-18(20)15-27-19-13-11-17(12-14-19)16-7-3-2-4-8-16/h2-14,26H,15H2,1H3,(H,23,25)/b24-21-. The summed E-state index contributed by atoms with van der Waals surface area (Å²) in [5, 5.41) is 14.8. The van der Waals surface area contributed by atoms with Crippen molar-refractivity contribution in [3.05, 3.63) is 90.0 Å². The third kappa shape index (κ3) is 4.33. The number of hydrogen-bond donors (Lipinski definition) is 2. The molecule has 5 heteroatoms. The van der Waals surface area contributed by atoms with Crippen molar-refractivity contribution >= 4 is 11.6 Å². The Bertz CT molecular complexity index is 935. The zero-order valence-corrected chi connectivity index (χ0v) is 14.9. The van der Waals surface area contributed by atoms with Gasteiger partial charge in [-0.1, -0.05) is 71.9 Å². The molecule has 0 aliphatic heterocycles. The molecule has 1 amide bonds. The summed E-state index contributed by atoms with van der Waals surface area (Å²) in [6.45, 7) is 0.247. The molecule has 0 heterocycles. The third-order valence-electron chi connectivity index (χ3n) is 4.17. The van der Waals surface area contributed by atoms with Gasteiger partial charge in [0.2, 0.25) is 0 Å². The number of carbonyl (C=O) groups is 1. The highest BCUT2D eigenvalue weighted by molar-refractivity contribution is 6.45. The van der Waals surface area contributed by atoms with Gasteiger partial charge in [-0.2, -0.15) is 0 Å². The smallest absolute Gasteiger partial charge is 0.273 e. The molecule has 27 heavy (non-hydrogen) atoms.